The summed E-state index contributed by atoms with van der Waals surface area (Å²) in [6.07, 6.45) is 0. The molecule has 0 rings (SSSR count). The van der Waals surface area contributed by atoms with Gasteiger partial charge in [-0.15, -0.1) is 0 Å². The molecule has 0 aliphatic rings. The molecule has 0 fully saturated rings. The van der Waals surface area contributed by atoms with Crippen molar-refractivity contribution in [1.29, 1.82) is 0 Å². The molecule has 0 heterocycles. The molecule has 0 radical (unpaired) electrons. The summed E-state index contributed by atoms with van der Waals surface area (Å²) in [5, 5.41) is 0. The summed E-state index contributed by atoms with van der Waals surface area (Å²) in [4.78, 5) is 2.75. The number of quaternary nitrogens is 1. The van der Waals surface area contributed by atoms with E-state index in [9.17, 15) is 0 Å². The van der Waals surface area contributed by atoms with Gasteiger partial charge in [-0.2, -0.15) is 0 Å². The molecule has 0 saturated carbocycles. The number of hydrogen-bond acceptors (Lipinski definition) is 1. The van der Waals surface area contributed by atoms with Crippen LogP contribution in [0.1, 0.15) is 13.8 Å². The Kier molecular flexibility index (Phi) is 5.76. The third-order valence-corrected chi connectivity index (χ3v) is 1.64. The fourth-order valence-corrected chi connectivity index (χ4v) is 1.28. The van der Waals surface area contributed by atoms with Gasteiger partial charge in [0.05, 0.1) is 33.2 Å². The summed E-state index contributed by atoms with van der Waals surface area (Å²) in [7, 11) is 6.45. The van der Waals surface area contributed by atoms with Crippen LogP contribution < -0.4 is 17.2 Å². The molecule has 0 aliphatic carbocycles. The van der Waals surface area contributed by atoms with Gasteiger partial charge in [0.2, 0.25) is 0 Å². The minimum absolute atomic E-state index is 0. The fourth-order valence-electron chi connectivity index (χ4n) is 1.22. The molecule has 0 unspecified atom stereocenters. The second-order valence-electron chi connectivity index (χ2n) is 4.43. The number of rotatable bonds is 3. The van der Waals surface area contributed by atoms with Crippen molar-refractivity contribution in [3.05, 3.63) is 0 Å². The molecule has 0 aromatic heterocycles. The monoisotopic (exact) mass is 200 g/mol. The maximum absolute atomic E-state index is 5.54. The lowest BCUT2D eigenvalue weighted by Gasteiger charge is -2.32. The van der Waals surface area contributed by atoms with Crippen LogP contribution in [0.4, 0.5) is 0 Å². The molecule has 4 heteroatoms. The second kappa shape index (κ2) is 4.51. The third-order valence-electron chi connectivity index (χ3n) is 1.13. The van der Waals surface area contributed by atoms with Gasteiger partial charge in [0.1, 0.15) is 0 Å². The third kappa shape index (κ3) is 8.41. The van der Waals surface area contributed by atoms with Crippen molar-refractivity contribution in [3.8, 4) is 0 Å². The summed E-state index contributed by atoms with van der Waals surface area (Å²) in [6.45, 7) is 5.18. The number of nitrogens with one attached hydrogen (secondary N) is 1. The summed E-state index contributed by atoms with van der Waals surface area (Å²) >= 11 is 5.54. The van der Waals surface area contributed by atoms with Gasteiger partial charge in [0, 0.05) is 0 Å². The molecule has 0 aromatic rings. The Balaban J connectivity index is 0. The first-order valence-corrected chi connectivity index (χ1v) is 3.83. The van der Waals surface area contributed by atoms with Crippen LogP contribution in [-0.2, 0) is 0 Å². The van der Waals surface area contributed by atoms with Crippen LogP contribution in [0.2, 0.25) is 0 Å². The summed E-state index contributed by atoms with van der Waals surface area (Å²) in [5.74, 6) is 0. The van der Waals surface area contributed by atoms with E-state index in [4.69, 9.17) is 11.8 Å². The van der Waals surface area contributed by atoms with E-state index in [1.165, 1.54) is 0 Å². The zero-order valence-corrected chi connectivity index (χ0v) is 9.42. The second-order valence-corrected chi connectivity index (χ2v) is 4.62. The highest BCUT2D eigenvalue weighted by molar-refractivity contribution is 6.13. The Morgan fingerprint density at radius 1 is 1.27 bits per heavy atom. The van der Waals surface area contributed by atoms with E-state index in [0.717, 1.165) is 11.0 Å². The first-order chi connectivity index (χ1) is 4.27. The van der Waals surface area contributed by atoms with E-state index in [1.54, 1.807) is 0 Å². The summed E-state index contributed by atoms with van der Waals surface area (Å²) in [5.41, 5.74) is 0.0137. The van der Waals surface area contributed by atoms with Crippen molar-refractivity contribution in [2.24, 2.45) is 0 Å². The van der Waals surface area contributed by atoms with Crippen molar-refractivity contribution >= 4 is 11.8 Å². The van der Waals surface area contributed by atoms with Crippen LogP contribution in [0.25, 0.3) is 0 Å². The largest absolute Gasteiger partial charge is 1.00 e. The average Bonchev–Trinajstić information content (AvgIpc) is 1.60. The van der Waals surface area contributed by atoms with E-state index in [2.05, 4.69) is 39.8 Å². The SMILES string of the molecule is CC(C)(C[N+](C)(C)C)NCl.[Cl-]. The number of halogens is 2. The van der Waals surface area contributed by atoms with Gasteiger partial charge in [-0.3, -0.25) is 0 Å². The maximum Gasteiger partial charge on any atom is 0.0972 e. The number of hydrogen-bond donors (Lipinski definition) is 1. The molecule has 70 valence electrons. The zero-order chi connectivity index (χ0) is 8.41. The van der Waals surface area contributed by atoms with Gasteiger partial charge >= 0.3 is 0 Å². The van der Waals surface area contributed by atoms with Crippen LogP contribution >= 0.6 is 11.8 Å². The topological polar surface area (TPSA) is 12.0 Å². The lowest BCUT2D eigenvalue weighted by Crippen LogP contribution is -3.00. The smallest absolute Gasteiger partial charge is 0.0972 e. The van der Waals surface area contributed by atoms with E-state index in [0.29, 0.717) is 0 Å². The van der Waals surface area contributed by atoms with Crippen molar-refractivity contribution in [3.63, 3.8) is 0 Å². The molecule has 0 aliphatic heterocycles. The van der Waals surface area contributed by atoms with Crippen molar-refractivity contribution < 1.29 is 16.9 Å². The molecule has 1 N–H and O–H groups in total. The van der Waals surface area contributed by atoms with Crippen LogP contribution in [0.3, 0.4) is 0 Å². The van der Waals surface area contributed by atoms with Crippen LogP contribution in [0, 0.1) is 0 Å². The van der Waals surface area contributed by atoms with Gasteiger partial charge in [-0.25, -0.2) is 4.84 Å². The quantitative estimate of drug-likeness (QED) is 0.420. The molecule has 0 aromatic carbocycles. The fraction of sp³-hybridized carbons (Fsp3) is 1.00. The Morgan fingerprint density at radius 3 is 1.73 bits per heavy atom. The average molecular weight is 201 g/mol. The molecule has 0 atom stereocenters. The highest BCUT2D eigenvalue weighted by Crippen LogP contribution is 2.07. The predicted octanol–water partition coefficient (Wildman–Crippen LogP) is -1.78. The minimum Gasteiger partial charge on any atom is -1.00 e. The molecule has 0 saturated heterocycles. The maximum atomic E-state index is 5.54. The van der Waals surface area contributed by atoms with Gasteiger partial charge < -0.3 is 16.9 Å². The van der Waals surface area contributed by atoms with E-state index in [-0.39, 0.29) is 17.9 Å². The molecule has 2 nitrogen and oxygen atoms in total. The molecule has 0 spiro atoms. The van der Waals surface area contributed by atoms with Crippen molar-refractivity contribution in [1.82, 2.24) is 4.84 Å². The predicted molar refractivity (Wildman–Crippen MR) is 46.0 cm³/mol. The Morgan fingerprint density at radius 2 is 1.64 bits per heavy atom. The number of nitrogens with zero attached hydrogens (tertiary/aromatic N) is 1. The normalized spacial score (nSPS) is 12.5. The Bertz CT molecular complexity index is 107. The minimum atomic E-state index is 0. The van der Waals surface area contributed by atoms with Gasteiger partial charge in [0.25, 0.3) is 0 Å². The molecule has 0 bridgehead atoms. The van der Waals surface area contributed by atoms with Crippen LogP contribution in [-0.4, -0.2) is 37.7 Å². The van der Waals surface area contributed by atoms with Crippen molar-refractivity contribution in [2.75, 3.05) is 27.7 Å². The van der Waals surface area contributed by atoms with Crippen LogP contribution in [0.15, 0.2) is 0 Å². The van der Waals surface area contributed by atoms with Gasteiger partial charge in [0.15, 0.2) is 0 Å². The standard InChI is InChI=1S/C7H18ClN2.ClH/c1-7(2,9-8)6-10(3,4)5;/h9H,6H2,1-5H3;1H/q+1;/p-1. The van der Waals surface area contributed by atoms with Gasteiger partial charge in [-0.05, 0) is 25.6 Å². The molecule has 11 heavy (non-hydrogen) atoms. The summed E-state index contributed by atoms with van der Waals surface area (Å²) in [6, 6.07) is 0. The van der Waals surface area contributed by atoms with E-state index < -0.39 is 0 Å². The van der Waals surface area contributed by atoms with Crippen LogP contribution in [0.5, 0.6) is 0 Å². The van der Waals surface area contributed by atoms with Gasteiger partial charge in [-0.1, -0.05) is 0 Å². The molecule has 0 amide bonds. The lowest BCUT2D eigenvalue weighted by atomic mass is 10.1. The van der Waals surface area contributed by atoms with E-state index in [1.807, 2.05) is 0 Å². The Hall–Kier alpha value is 0.500. The highest BCUT2D eigenvalue weighted by atomic mass is 35.5. The lowest BCUT2D eigenvalue weighted by molar-refractivity contribution is -0.873. The van der Waals surface area contributed by atoms with Crippen molar-refractivity contribution in [2.45, 2.75) is 19.4 Å². The number of likely N-dealkylation sites (N-methyl/N-ethyl adjacent to an activating group) is 1. The molecular formula is C7H18Cl2N2. The van der Waals surface area contributed by atoms with E-state index >= 15 is 0 Å². The molecular weight excluding hydrogens is 183 g/mol. The first-order valence-electron chi connectivity index (χ1n) is 3.45. The summed E-state index contributed by atoms with van der Waals surface area (Å²) < 4.78 is 0.923. The zero-order valence-electron chi connectivity index (χ0n) is 7.91. The highest BCUT2D eigenvalue weighted by Gasteiger charge is 2.24. The first kappa shape index (κ1) is 14.0. The Labute approximate surface area is 81.0 Å².